The zero-order valence-corrected chi connectivity index (χ0v) is 18.8. The number of ether oxygens (including phenoxy) is 1. The summed E-state index contributed by atoms with van der Waals surface area (Å²) in [4.78, 5) is 26.8. The number of nitrogens with zero attached hydrogens (tertiary/aromatic N) is 3. The smallest absolute Gasteiger partial charge is 0.259 e. The molecule has 1 atom stereocenters. The largest absolute Gasteiger partial charge is 0.495 e. The molecule has 0 spiro atoms. The normalized spacial score (nSPS) is 16.6. The molecule has 4 heterocycles. The summed E-state index contributed by atoms with van der Waals surface area (Å²) in [6.45, 7) is 2.26. The molecule has 33 heavy (non-hydrogen) atoms. The number of aromatic nitrogens is 3. The van der Waals surface area contributed by atoms with E-state index in [1.54, 1.807) is 25.7 Å². The third kappa shape index (κ3) is 4.45. The van der Waals surface area contributed by atoms with Gasteiger partial charge in [-0.25, -0.2) is 4.98 Å². The second-order valence-electron chi connectivity index (χ2n) is 8.59. The minimum Gasteiger partial charge on any atom is -0.495 e. The topological polar surface area (TPSA) is 83.1 Å². The van der Waals surface area contributed by atoms with Crippen LogP contribution in [0.25, 0.3) is 22.0 Å². The van der Waals surface area contributed by atoms with Crippen molar-refractivity contribution in [1.29, 1.82) is 0 Å². The van der Waals surface area contributed by atoms with E-state index in [1.165, 1.54) is 24.9 Å². The summed E-state index contributed by atoms with van der Waals surface area (Å²) in [5.74, 6) is 1.72. The van der Waals surface area contributed by atoms with Crippen LogP contribution >= 0.6 is 0 Å². The SMILES string of the molecule is COc1cncc(-c2cc3cc[nH]c(=O)c3c(Nc3ccc(C4CCCN(C)C4)cc3)n2)c1. The minimum absolute atomic E-state index is 0.181. The molecule has 4 aromatic rings. The molecule has 7 heteroatoms. The zero-order valence-electron chi connectivity index (χ0n) is 18.8. The number of likely N-dealkylation sites (tertiary alicyclic amines) is 1. The Morgan fingerprint density at radius 2 is 2.00 bits per heavy atom. The molecule has 2 N–H and O–H groups in total. The van der Waals surface area contributed by atoms with Gasteiger partial charge in [-0.1, -0.05) is 12.1 Å². The van der Waals surface area contributed by atoms with Crippen molar-refractivity contribution >= 4 is 22.3 Å². The quantitative estimate of drug-likeness (QED) is 0.473. The fourth-order valence-corrected chi connectivity index (χ4v) is 4.54. The Kier molecular flexibility index (Phi) is 5.79. The van der Waals surface area contributed by atoms with Crippen LogP contribution in [-0.2, 0) is 0 Å². The van der Waals surface area contributed by atoms with Crippen LogP contribution in [0.5, 0.6) is 5.75 Å². The lowest BCUT2D eigenvalue weighted by molar-refractivity contribution is 0.251. The average Bonchev–Trinajstić information content (AvgIpc) is 2.84. The summed E-state index contributed by atoms with van der Waals surface area (Å²) in [6.07, 6.45) is 7.49. The molecule has 7 nitrogen and oxygen atoms in total. The van der Waals surface area contributed by atoms with Crippen LogP contribution in [0.1, 0.15) is 24.3 Å². The highest BCUT2D eigenvalue weighted by atomic mass is 16.5. The van der Waals surface area contributed by atoms with Gasteiger partial charge in [0.15, 0.2) is 0 Å². The highest BCUT2D eigenvalue weighted by molar-refractivity contribution is 5.95. The molecule has 0 bridgehead atoms. The molecule has 0 amide bonds. The van der Waals surface area contributed by atoms with Gasteiger partial charge in [-0.15, -0.1) is 0 Å². The van der Waals surface area contributed by atoms with Gasteiger partial charge in [0.25, 0.3) is 5.56 Å². The first-order chi connectivity index (χ1) is 16.1. The molecule has 0 radical (unpaired) electrons. The standard InChI is InChI=1S/C26H27N5O2/c1-31-11-3-4-19(16-31)17-5-7-21(8-6-17)29-25-24-18(9-10-28-26(24)32)13-23(30-25)20-12-22(33-2)15-27-14-20/h5-10,12-15,19H,3-4,11,16H2,1-2H3,(H,28,32)(H,29,30). The number of likely N-dealkylation sites (N-methyl/N-ethyl adjacent to an activating group) is 1. The van der Waals surface area contributed by atoms with Gasteiger partial charge in [-0.05, 0) is 73.6 Å². The summed E-state index contributed by atoms with van der Waals surface area (Å²) in [7, 11) is 3.79. The first-order valence-corrected chi connectivity index (χ1v) is 11.2. The van der Waals surface area contributed by atoms with E-state index in [0.717, 1.165) is 23.2 Å². The van der Waals surface area contributed by atoms with Crippen LogP contribution in [0.4, 0.5) is 11.5 Å². The lowest BCUT2D eigenvalue weighted by Gasteiger charge is -2.30. The maximum absolute atomic E-state index is 12.7. The fraction of sp³-hybridized carbons (Fsp3) is 0.269. The third-order valence-electron chi connectivity index (χ3n) is 6.27. The van der Waals surface area contributed by atoms with Crippen molar-refractivity contribution in [3.8, 4) is 17.0 Å². The van der Waals surface area contributed by atoms with Gasteiger partial charge in [-0.2, -0.15) is 0 Å². The lowest BCUT2D eigenvalue weighted by Crippen LogP contribution is -2.30. The Balaban J connectivity index is 1.51. The average molecular weight is 442 g/mol. The van der Waals surface area contributed by atoms with E-state index in [2.05, 4.69) is 51.5 Å². The van der Waals surface area contributed by atoms with E-state index in [-0.39, 0.29) is 5.56 Å². The van der Waals surface area contributed by atoms with Crippen LogP contribution in [-0.4, -0.2) is 47.1 Å². The van der Waals surface area contributed by atoms with Gasteiger partial charge in [0, 0.05) is 30.2 Å². The van der Waals surface area contributed by atoms with Crippen LogP contribution in [0.3, 0.4) is 0 Å². The van der Waals surface area contributed by atoms with E-state index in [1.807, 2.05) is 18.2 Å². The van der Waals surface area contributed by atoms with Crippen LogP contribution in [0, 0.1) is 0 Å². The number of rotatable bonds is 5. The number of fused-ring (bicyclic) bond motifs is 1. The summed E-state index contributed by atoms with van der Waals surface area (Å²) in [5, 5.41) is 4.70. The van der Waals surface area contributed by atoms with E-state index in [0.29, 0.717) is 28.6 Å². The van der Waals surface area contributed by atoms with Crippen molar-refractivity contribution in [3.63, 3.8) is 0 Å². The molecular weight excluding hydrogens is 414 g/mol. The van der Waals surface area contributed by atoms with Gasteiger partial charge in [-0.3, -0.25) is 9.78 Å². The van der Waals surface area contributed by atoms with Gasteiger partial charge in [0.1, 0.15) is 11.6 Å². The molecule has 1 unspecified atom stereocenters. The Labute approximate surface area is 192 Å². The summed E-state index contributed by atoms with van der Waals surface area (Å²) < 4.78 is 5.31. The number of H-pyrrole nitrogens is 1. The molecule has 1 aliphatic heterocycles. The van der Waals surface area contributed by atoms with Crippen molar-refractivity contribution in [1.82, 2.24) is 19.9 Å². The second-order valence-corrected chi connectivity index (χ2v) is 8.59. The Hall–Kier alpha value is -3.71. The number of hydrogen-bond acceptors (Lipinski definition) is 6. The van der Waals surface area contributed by atoms with Crippen molar-refractivity contribution < 1.29 is 4.74 Å². The van der Waals surface area contributed by atoms with E-state index in [4.69, 9.17) is 9.72 Å². The predicted octanol–water partition coefficient (Wildman–Crippen LogP) is 4.55. The Bertz CT molecular complexity index is 1330. The Morgan fingerprint density at radius 1 is 1.15 bits per heavy atom. The van der Waals surface area contributed by atoms with Crippen molar-refractivity contribution in [2.45, 2.75) is 18.8 Å². The van der Waals surface area contributed by atoms with E-state index < -0.39 is 0 Å². The monoisotopic (exact) mass is 441 g/mol. The maximum Gasteiger partial charge on any atom is 0.259 e. The van der Waals surface area contributed by atoms with Gasteiger partial charge in [0.2, 0.25) is 0 Å². The molecule has 5 rings (SSSR count). The number of piperidine rings is 1. The summed E-state index contributed by atoms with van der Waals surface area (Å²) >= 11 is 0. The van der Waals surface area contributed by atoms with E-state index >= 15 is 0 Å². The molecule has 1 aromatic carbocycles. The summed E-state index contributed by atoms with van der Waals surface area (Å²) in [5.41, 5.74) is 3.58. The van der Waals surface area contributed by atoms with Crippen molar-refractivity contribution in [2.24, 2.45) is 0 Å². The first kappa shape index (κ1) is 21.2. The molecule has 1 saturated heterocycles. The number of methoxy groups -OCH3 is 1. The molecule has 1 fully saturated rings. The molecular formula is C26H27N5O2. The van der Waals surface area contributed by atoms with Crippen LogP contribution in [0.15, 0.2) is 65.8 Å². The summed E-state index contributed by atoms with van der Waals surface area (Å²) in [6, 6.07) is 14.1. The predicted molar refractivity (Wildman–Crippen MR) is 131 cm³/mol. The molecule has 168 valence electrons. The molecule has 1 aliphatic rings. The number of hydrogen-bond donors (Lipinski definition) is 2. The van der Waals surface area contributed by atoms with Gasteiger partial charge in [0.05, 0.1) is 24.4 Å². The molecule has 0 aliphatic carbocycles. The first-order valence-electron chi connectivity index (χ1n) is 11.2. The maximum atomic E-state index is 12.7. The Morgan fingerprint density at radius 3 is 2.79 bits per heavy atom. The molecule has 3 aromatic heterocycles. The minimum atomic E-state index is -0.181. The van der Waals surface area contributed by atoms with Crippen LogP contribution < -0.4 is 15.6 Å². The number of aromatic amines is 1. The van der Waals surface area contributed by atoms with Crippen molar-refractivity contribution in [3.05, 3.63) is 77.0 Å². The number of anilines is 2. The van der Waals surface area contributed by atoms with E-state index in [9.17, 15) is 4.79 Å². The third-order valence-corrected chi connectivity index (χ3v) is 6.27. The number of benzene rings is 1. The highest BCUT2D eigenvalue weighted by Crippen LogP contribution is 2.31. The second kappa shape index (κ2) is 9.03. The number of nitrogens with one attached hydrogen (secondary N) is 2. The number of pyridine rings is 3. The lowest BCUT2D eigenvalue weighted by atomic mass is 9.91. The molecule has 0 saturated carbocycles. The van der Waals surface area contributed by atoms with Crippen molar-refractivity contribution in [2.75, 3.05) is 32.6 Å². The van der Waals surface area contributed by atoms with Gasteiger partial charge < -0.3 is 19.9 Å². The van der Waals surface area contributed by atoms with Gasteiger partial charge >= 0.3 is 0 Å². The van der Waals surface area contributed by atoms with Crippen LogP contribution in [0.2, 0.25) is 0 Å². The zero-order chi connectivity index (χ0) is 22.8. The highest BCUT2D eigenvalue weighted by Gasteiger charge is 2.19. The fourth-order valence-electron chi connectivity index (χ4n) is 4.54.